The highest BCUT2D eigenvalue weighted by atomic mass is 79.9. The SMILES string of the molecule is Cc1ccc(Br)cc1NC(=O)NC(C)CCC(=O)O. The highest BCUT2D eigenvalue weighted by Gasteiger charge is 2.10. The summed E-state index contributed by atoms with van der Waals surface area (Å²) in [7, 11) is 0. The number of anilines is 1. The molecular weight excluding hydrogens is 312 g/mol. The summed E-state index contributed by atoms with van der Waals surface area (Å²) >= 11 is 3.34. The Bertz CT molecular complexity index is 477. The third kappa shape index (κ3) is 5.74. The number of benzene rings is 1. The zero-order valence-electron chi connectivity index (χ0n) is 10.9. The molecule has 3 N–H and O–H groups in total. The van der Waals surface area contributed by atoms with Crippen LogP contribution in [-0.2, 0) is 4.79 Å². The predicted octanol–water partition coefficient (Wildman–Crippen LogP) is 3.13. The number of urea groups is 1. The average Bonchev–Trinajstić information content (AvgIpc) is 2.31. The maximum Gasteiger partial charge on any atom is 0.319 e. The van der Waals surface area contributed by atoms with Gasteiger partial charge in [0, 0.05) is 22.6 Å². The van der Waals surface area contributed by atoms with Crippen molar-refractivity contribution in [3.63, 3.8) is 0 Å². The highest BCUT2D eigenvalue weighted by Crippen LogP contribution is 2.20. The van der Waals surface area contributed by atoms with E-state index in [0.29, 0.717) is 6.42 Å². The smallest absolute Gasteiger partial charge is 0.319 e. The summed E-state index contributed by atoms with van der Waals surface area (Å²) in [5.74, 6) is -0.864. The Morgan fingerprint density at radius 3 is 2.74 bits per heavy atom. The largest absolute Gasteiger partial charge is 0.481 e. The summed E-state index contributed by atoms with van der Waals surface area (Å²) in [6.45, 7) is 3.67. The van der Waals surface area contributed by atoms with Crippen molar-refractivity contribution in [2.45, 2.75) is 32.7 Å². The average molecular weight is 329 g/mol. The molecule has 1 aromatic rings. The lowest BCUT2D eigenvalue weighted by atomic mass is 10.2. The van der Waals surface area contributed by atoms with Crippen molar-refractivity contribution in [1.82, 2.24) is 5.32 Å². The van der Waals surface area contributed by atoms with Gasteiger partial charge < -0.3 is 15.7 Å². The number of aryl methyl sites for hydroxylation is 1. The Balaban J connectivity index is 2.50. The summed E-state index contributed by atoms with van der Waals surface area (Å²) in [5, 5.41) is 14.0. The molecule has 1 rings (SSSR count). The van der Waals surface area contributed by atoms with Crippen molar-refractivity contribution in [2.75, 3.05) is 5.32 Å². The Kier molecular flexibility index (Phi) is 5.82. The summed E-state index contributed by atoms with van der Waals surface area (Å²) in [5.41, 5.74) is 1.67. The zero-order valence-corrected chi connectivity index (χ0v) is 12.5. The van der Waals surface area contributed by atoms with E-state index in [-0.39, 0.29) is 18.5 Å². The lowest BCUT2D eigenvalue weighted by Gasteiger charge is -2.15. The van der Waals surface area contributed by atoms with E-state index in [0.717, 1.165) is 15.7 Å². The fourth-order valence-electron chi connectivity index (χ4n) is 1.52. The Morgan fingerprint density at radius 1 is 1.42 bits per heavy atom. The van der Waals surface area contributed by atoms with Crippen LogP contribution >= 0.6 is 15.9 Å². The first-order valence-electron chi connectivity index (χ1n) is 5.94. The maximum atomic E-state index is 11.7. The van der Waals surface area contributed by atoms with Gasteiger partial charge in [-0.05, 0) is 38.0 Å². The monoisotopic (exact) mass is 328 g/mol. The van der Waals surface area contributed by atoms with Gasteiger partial charge in [-0.15, -0.1) is 0 Å². The lowest BCUT2D eigenvalue weighted by molar-refractivity contribution is -0.137. The fourth-order valence-corrected chi connectivity index (χ4v) is 1.88. The molecule has 0 spiro atoms. The molecule has 0 aliphatic heterocycles. The number of rotatable bonds is 5. The molecule has 19 heavy (non-hydrogen) atoms. The Morgan fingerprint density at radius 2 is 2.11 bits per heavy atom. The topological polar surface area (TPSA) is 78.4 Å². The number of carboxylic acid groups (broad SMARTS) is 1. The van der Waals surface area contributed by atoms with Gasteiger partial charge in [0.05, 0.1) is 0 Å². The van der Waals surface area contributed by atoms with E-state index in [4.69, 9.17) is 5.11 Å². The van der Waals surface area contributed by atoms with Crippen LogP contribution in [0.2, 0.25) is 0 Å². The molecule has 0 aliphatic rings. The lowest BCUT2D eigenvalue weighted by Crippen LogP contribution is -2.36. The van der Waals surface area contributed by atoms with E-state index in [2.05, 4.69) is 26.6 Å². The number of carbonyl (C=O) groups is 2. The molecule has 6 heteroatoms. The van der Waals surface area contributed by atoms with E-state index < -0.39 is 5.97 Å². The maximum absolute atomic E-state index is 11.7. The number of halogens is 1. The minimum Gasteiger partial charge on any atom is -0.481 e. The molecular formula is C13H17BrN2O3. The minimum absolute atomic E-state index is 0.0390. The molecule has 2 amide bonds. The molecule has 0 saturated carbocycles. The first-order chi connectivity index (χ1) is 8.88. The van der Waals surface area contributed by atoms with Crippen molar-refractivity contribution in [2.24, 2.45) is 0 Å². The van der Waals surface area contributed by atoms with E-state index >= 15 is 0 Å². The number of nitrogens with one attached hydrogen (secondary N) is 2. The molecule has 0 fully saturated rings. The van der Waals surface area contributed by atoms with E-state index in [1.54, 1.807) is 6.92 Å². The molecule has 0 heterocycles. The van der Waals surface area contributed by atoms with E-state index in [1.807, 2.05) is 25.1 Å². The van der Waals surface area contributed by atoms with Gasteiger partial charge in [0.2, 0.25) is 0 Å². The molecule has 1 aromatic carbocycles. The number of hydrogen-bond donors (Lipinski definition) is 3. The molecule has 0 aromatic heterocycles. The van der Waals surface area contributed by atoms with Crippen molar-refractivity contribution in [3.05, 3.63) is 28.2 Å². The standard InChI is InChI=1S/C13H17BrN2O3/c1-8-3-5-10(14)7-11(8)16-13(19)15-9(2)4-6-12(17)18/h3,5,7,9H,4,6H2,1-2H3,(H,17,18)(H2,15,16,19). The molecule has 5 nitrogen and oxygen atoms in total. The first-order valence-corrected chi connectivity index (χ1v) is 6.73. The summed E-state index contributed by atoms with van der Waals surface area (Å²) in [6.07, 6.45) is 0.442. The van der Waals surface area contributed by atoms with Crippen molar-refractivity contribution >= 4 is 33.6 Å². The van der Waals surface area contributed by atoms with Crippen LogP contribution in [0.25, 0.3) is 0 Å². The van der Waals surface area contributed by atoms with Crippen LogP contribution in [0.15, 0.2) is 22.7 Å². The second kappa shape index (κ2) is 7.13. The van der Waals surface area contributed by atoms with Crippen LogP contribution < -0.4 is 10.6 Å². The predicted molar refractivity (Wildman–Crippen MR) is 77.4 cm³/mol. The quantitative estimate of drug-likeness (QED) is 0.776. The Labute approximate surface area is 120 Å². The molecule has 104 valence electrons. The van der Waals surface area contributed by atoms with Crippen molar-refractivity contribution in [3.8, 4) is 0 Å². The molecule has 0 radical (unpaired) electrons. The molecule has 1 unspecified atom stereocenters. The van der Waals surface area contributed by atoms with E-state index in [1.165, 1.54) is 0 Å². The van der Waals surface area contributed by atoms with Crippen LogP contribution in [0.4, 0.5) is 10.5 Å². The van der Waals surface area contributed by atoms with Gasteiger partial charge in [0.1, 0.15) is 0 Å². The van der Waals surface area contributed by atoms with Gasteiger partial charge in [0.25, 0.3) is 0 Å². The van der Waals surface area contributed by atoms with Crippen LogP contribution in [-0.4, -0.2) is 23.1 Å². The Hall–Kier alpha value is -1.56. The molecule has 0 aliphatic carbocycles. The minimum atomic E-state index is -0.864. The zero-order chi connectivity index (χ0) is 14.4. The van der Waals surface area contributed by atoms with Crippen LogP contribution in [0.5, 0.6) is 0 Å². The second-order valence-corrected chi connectivity index (χ2v) is 5.31. The van der Waals surface area contributed by atoms with Gasteiger partial charge in [-0.1, -0.05) is 22.0 Å². The number of hydrogen-bond acceptors (Lipinski definition) is 2. The van der Waals surface area contributed by atoms with E-state index in [9.17, 15) is 9.59 Å². The van der Waals surface area contributed by atoms with Gasteiger partial charge in [-0.2, -0.15) is 0 Å². The van der Waals surface area contributed by atoms with Crippen LogP contribution in [0.1, 0.15) is 25.3 Å². The fraction of sp³-hybridized carbons (Fsp3) is 0.385. The summed E-state index contributed by atoms with van der Waals surface area (Å²) < 4.78 is 0.882. The third-order valence-electron chi connectivity index (χ3n) is 2.62. The van der Waals surface area contributed by atoms with Crippen molar-refractivity contribution < 1.29 is 14.7 Å². The van der Waals surface area contributed by atoms with Gasteiger partial charge in [-0.3, -0.25) is 4.79 Å². The second-order valence-electron chi connectivity index (χ2n) is 4.39. The van der Waals surface area contributed by atoms with Gasteiger partial charge >= 0.3 is 12.0 Å². The van der Waals surface area contributed by atoms with Gasteiger partial charge in [-0.25, -0.2) is 4.79 Å². The summed E-state index contributed by atoms with van der Waals surface area (Å²) in [6, 6.07) is 5.08. The van der Waals surface area contributed by atoms with Crippen molar-refractivity contribution in [1.29, 1.82) is 0 Å². The number of aliphatic carboxylic acids is 1. The highest BCUT2D eigenvalue weighted by molar-refractivity contribution is 9.10. The molecule has 0 saturated heterocycles. The molecule has 0 bridgehead atoms. The van der Waals surface area contributed by atoms with Crippen LogP contribution in [0.3, 0.4) is 0 Å². The third-order valence-corrected chi connectivity index (χ3v) is 3.11. The summed E-state index contributed by atoms with van der Waals surface area (Å²) in [4.78, 5) is 22.2. The normalized spacial score (nSPS) is 11.7. The van der Waals surface area contributed by atoms with Gasteiger partial charge in [0.15, 0.2) is 0 Å². The number of carbonyl (C=O) groups excluding carboxylic acids is 1. The number of carboxylic acids is 1. The number of amides is 2. The molecule has 1 atom stereocenters. The first kappa shape index (κ1) is 15.5. The van der Waals surface area contributed by atoms with Crippen LogP contribution in [0, 0.1) is 6.92 Å².